The maximum atomic E-state index is 13.1. The summed E-state index contributed by atoms with van der Waals surface area (Å²) in [4.78, 5) is 26.1. The van der Waals surface area contributed by atoms with E-state index in [1.165, 1.54) is 11.8 Å². The Bertz CT molecular complexity index is 1390. The number of ether oxygens (including phenoxy) is 2. The Morgan fingerprint density at radius 1 is 1.00 bits per heavy atom. The van der Waals surface area contributed by atoms with Crippen LogP contribution < -0.4 is 20.3 Å². The molecule has 3 aromatic carbocycles. The second-order valence-corrected chi connectivity index (χ2v) is 8.04. The van der Waals surface area contributed by atoms with Gasteiger partial charge in [0.25, 0.3) is 11.5 Å². The van der Waals surface area contributed by atoms with E-state index in [2.05, 4.69) is 5.32 Å². The largest absolute Gasteiger partial charge is 0.493 e. The topological polar surface area (TPSA) is 74.5 Å². The van der Waals surface area contributed by atoms with E-state index in [0.717, 1.165) is 5.56 Å². The van der Waals surface area contributed by atoms with Gasteiger partial charge in [0.05, 0.1) is 18.5 Å². The van der Waals surface area contributed by atoms with Crippen LogP contribution >= 0.6 is 11.6 Å². The fourth-order valence-electron chi connectivity index (χ4n) is 3.60. The zero-order chi connectivity index (χ0) is 24.2. The number of anilines is 1. The number of para-hydroxylation sites is 1. The molecule has 1 aromatic heterocycles. The summed E-state index contributed by atoms with van der Waals surface area (Å²) in [5.41, 5.74) is 2.41. The fourth-order valence-corrected chi connectivity index (χ4v) is 3.79. The number of methoxy groups -OCH3 is 1. The summed E-state index contributed by atoms with van der Waals surface area (Å²) < 4.78 is 14.5. The quantitative estimate of drug-likeness (QED) is 0.407. The number of amides is 1. The molecule has 1 heterocycles. The first-order chi connectivity index (χ1) is 16.4. The van der Waals surface area contributed by atoms with Crippen LogP contribution in [0.2, 0.25) is 5.02 Å². The first-order valence-corrected chi connectivity index (χ1v) is 11.0. The molecule has 0 saturated carbocycles. The summed E-state index contributed by atoms with van der Waals surface area (Å²) in [5.74, 6) is 0.439. The van der Waals surface area contributed by atoms with Crippen LogP contribution in [0.25, 0.3) is 5.69 Å². The van der Waals surface area contributed by atoms with E-state index < -0.39 is 5.91 Å². The first-order valence-electron chi connectivity index (χ1n) is 10.6. The predicted molar refractivity (Wildman–Crippen MR) is 132 cm³/mol. The van der Waals surface area contributed by atoms with Gasteiger partial charge in [-0.3, -0.25) is 14.3 Å². The average Bonchev–Trinajstić information content (AvgIpc) is 3.06. The Morgan fingerprint density at radius 3 is 2.41 bits per heavy atom. The second kappa shape index (κ2) is 9.89. The van der Waals surface area contributed by atoms with Gasteiger partial charge in [-0.2, -0.15) is 0 Å². The van der Waals surface area contributed by atoms with Crippen LogP contribution in [0.1, 0.15) is 21.6 Å². The summed E-state index contributed by atoms with van der Waals surface area (Å²) in [5, 5.41) is 3.36. The lowest BCUT2D eigenvalue weighted by atomic mass is 10.1. The minimum Gasteiger partial charge on any atom is -0.493 e. The van der Waals surface area contributed by atoms with Gasteiger partial charge < -0.3 is 14.8 Å². The molecule has 0 atom stereocenters. The van der Waals surface area contributed by atoms with Crippen LogP contribution in [0.3, 0.4) is 0 Å². The van der Waals surface area contributed by atoms with Crippen LogP contribution in [0.5, 0.6) is 11.5 Å². The van der Waals surface area contributed by atoms with Crippen molar-refractivity contribution >= 4 is 23.2 Å². The van der Waals surface area contributed by atoms with Crippen LogP contribution in [-0.2, 0) is 13.7 Å². The SMILES string of the molecule is COc1cc(C(=O)Nc2c(C)n(C)n(-c3ccccc3)c2=O)ccc1OCc1ccccc1Cl. The van der Waals surface area contributed by atoms with Gasteiger partial charge in [-0.05, 0) is 43.3 Å². The van der Waals surface area contributed by atoms with Crippen molar-refractivity contribution in [3.63, 3.8) is 0 Å². The minimum absolute atomic E-state index is 0.217. The number of benzene rings is 3. The molecule has 0 aliphatic heterocycles. The fraction of sp³-hybridized carbons (Fsp3) is 0.154. The molecule has 1 amide bonds. The molecule has 0 radical (unpaired) electrons. The number of hydrogen-bond acceptors (Lipinski definition) is 4. The lowest BCUT2D eigenvalue weighted by molar-refractivity contribution is 0.102. The zero-order valence-electron chi connectivity index (χ0n) is 19.0. The van der Waals surface area contributed by atoms with Gasteiger partial charge in [0.1, 0.15) is 12.3 Å². The van der Waals surface area contributed by atoms with Crippen LogP contribution in [0, 0.1) is 6.92 Å². The third-order valence-corrected chi connectivity index (χ3v) is 5.93. The molecule has 174 valence electrons. The molecule has 4 rings (SSSR count). The van der Waals surface area contributed by atoms with E-state index in [1.807, 2.05) is 48.5 Å². The normalized spacial score (nSPS) is 10.7. The highest BCUT2D eigenvalue weighted by Crippen LogP contribution is 2.30. The Hall–Kier alpha value is -3.97. The second-order valence-electron chi connectivity index (χ2n) is 7.64. The minimum atomic E-state index is -0.429. The van der Waals surface area contributed by atoms with E-state index in [9.17, 15) is 9.59 Å². The van der Waals surface area contributed by atoms with Crippen LogP contribution in [0.15, 0.2) is 77.6 Å². The monoisotopic (exact) mass is 477 g/mol. The van der Waals surface area contributed by atoms with Gasteiger partial charge in [0, 0.05) is 23.2 Å². The molecule has 0 aliphatic carbocycles. The highest BCUT2D eigenvalue weighted by atomic mass is 35.5. The van der Waals surface area contributed by atoms with Crippen molar-refractivity contribution in [2.45, 2.75) is 13.5 Å². The lowest BCUT2D eigenvalue weighted by Crippen LogP contribution is -2.23. The molecule has 34 heavy (non-hydrogen) atoms. The number of aromatic nitrogens is 2. The smallest absolute Gasteiger partial charge is 0.295 e. The Morgan fingerprint density at radius 2 is 1.71 bits per heavy atom. The molecule has 0 unspecified atom stereocenters. The summed E-state index contributed by atoms with van der Waals surface area (Å²) in [7, 11) is 3.27. The van der Waals surface area contributed by atoms with Gasteiger partial charge >= 0.3 is 0 Å². The maximum Gasteiger partial charge on any atom is 0.295 e. The first kappa shape index (κ1) is 23.2. The van der Waals surface area contributed by atoms with Crippen molar-refractivity contribution in [1.82, 2.24) is 9.36 Å². The molecule has 4 aromatic rings. The lowest BCUT2D eigenvalue weighted by Gasteiger charge is -2.13. The van der Waals surface area contributed by atoms with Gasteiger partial charge in [-0.25, -0.2) is 4.68 Å². The molecule has 0 saturated heterocycles. The standard InChI is InChI=1S/C26H24ClN3O4/c1-17-24(26(32)30(29(17)2)20-10-5-4-6-11-20)28-25(31)18-13-14-22(23(15-18)33-3)34-16-19-9-7-8-12-21(19)27/h4-15H,16H2,1-3H3,(H,28,31). The summed E-state index contributed by atoms with van der Waals surface area (Å²) in [6, 6.07) is 21.5. The van der Waals surface area contributed by atoms with Crippen molar-refractivity contribution in [1.29, 1.82) is 0 Å². The van der Waals surface area contributed by atoms with Crippen molar-refractivity contribution < 1.29 is 14.3 Å². The third kappa shape index (κ3) is 4.56. The van der Waals surface area contributed by atoms with Crippen molar-refractivity contribution in [2.24, 2.45) is 7.05 Å². The van der Waals surface area contributed by atoms with Crippen molar-refractivity contribution in [3.05, 3.63) is 105 Å². The third-order valence-electron chi connectivity index (χ3n) is 5.56. The van der Waals surface area contributed by atoms with Crippen LogP contribution in [-0.4, -0.2) is 22.4 Å². The summed E-state index contributed by atoms with van der Waals surface area (Å²) in [6.07, 6.45) is 0. The van der Waals surface area contributed by atoms with Crippen molar-refractivity contribution in [2.75, 3.05) is 12.4 Å². The number of nitrogens with one attached hydrogen (secondary N) is 1. The number of carbonyl (C=O) groups excluding carboxylic acids is 1. The molecule has 0 spiro atoms. The molecule has 0 aliphatic rings. The molecular weight excluding hydrogens is 454 g/mol. The maximum absolute atomic E-state index is 13.1. The Kier molecular flexibility index (Phi) is 6.75. The zero-order valence-corrected chi connectivity index (χ0v) is 19.8. The average molecular weight is 478 g/mol. The molecule has 1 N–H and O–H groups in total. The number of halogens is 1. The number of carbonyl (C=O) groups is 1. The summed E-state index contributed by atoms with van der Waals surface area (Å²) >= 11 is 6.19. The number of hydrogen-bond donors (Lipinski definition) is 1. The summed E-state index contributed by atoms with van der Waals surface area (Å²) in [6.45, 7) is 2.03. The number of rotatable bonds is 7. The number of nitrogens with zero attached hydrogens (tertiary/aromatic N) is 2. The van der Waals surface area contributed by atoms with Crippen molar-refractivity contribution in [3.8, 4) is 17.2 Å². The highest BCUT2D eigenvalue weighted by molar-refractivity contribution is 6.31. The molecule has 0 bridgehead atoms. The van der Waals surface area contributed by atoms with Gasteiger partial charge in [0.15, 0.2) is 11.5 Å². The van der Waals surface area contributed by atoms with E-state index >= 15 is 0 Å². The molecular formula is C26H24ClN3O4. The molecule has 8 heteroatoms. The van der Waals surface area contributed by atoms with E-state index in [1.54, 1.807) is 42.9 Å². The van der Waals surface area contributed by atoms with Gasteiger partial charge in [0.2, 0.25) is 0 Å². The predicted octanol–water partition coefficient (Wildman–Crippen LogP) is 4.98. The Labute approximate surface area is 202 Å². The molecule has 0 fully saturated rings. The van der Waals surface area contributed by atoms with E-state index in [-0.39, 0.29) is 17.9 Å². The van der Waals surface area contributed by atoms with E-state index in [0.29, 0.717) is 33.5 Å². The van der Waals surface area contributed by atoms with Crippen LogP contribution in [0.4, 0.5) is 5.69 Å². The Balaban J connectivity index is 1.56. The van der Waals surface area contributed by atoms with Gasteiger partial charge in [-0.1, -0.05) is 48.0 Å². The highest BCUT2D eigenvalue weighted by Gasteiger charge is 2.20. The molecule has 7 nitrogen and oxygen atoms in total. The van der Waals surface area contributed by atoms with Gasteiger partial charge in [-0.15, -0.1) is 0 Å². The van der Waals surface area contributed by atoms with E-state index in [4.69, 9.17) is 21.1 Å².